The number of imidazole rings is 1. The molecule has 0 unspecified atom stereocenters. The lowest BCUT2D eigenvalue weighted by molar-refractivity contribution is -0.195. The molecule has 47 heavy (non-hydrogen) atoms. The van der Waals surface area contributed by atoms with Gasteiger partial charge in [0.2, 0.25) is 5.28 Å². The zero-order chi connectivity index (χ0) is 34.5. The van der Waals surface area contributed by atoms with Gasteiger partial charge in [0.05, 0.1) is 19.5 Å². The number of carbonyl (C=O) groups excluding carboxylic acids is 1. The summed E-state index contributed by atoms with van der Waals surface area (Å²) in [4.78, 5) is 53.2. The number of carbonyl (C=O) groups is 3. The number of fused-ring (bicyclic) bond motifs is 1. The van der Waals surface area contributed by atoms with Gasteiger partial charge in [-0.25, -0.2) is 19.4 Å². The molecule has 3 atom stereocenters. The SMILES string of the molecule is C#C[C@@H](O)[C@@H](O[C@@H](CO)COC(Cc1ccc(N2CCCN(C)C2=O)cc1)(C(=O)O)C(=O)O)n1cnc2c(NC(C)C)nc(Cl)nc21. The predicted octanol–water partition coefficient (Wildman–Crippen LogP) is 1.60. The minimum Gasteiger partial charge on any atom is -0.479 e. The molecule has 0 radical (unpaired) electrons. The number of ether oxygens (including phenoxy) is 2. The lowest BCUT2D eigenvalue weighted by atomic mass is 9.94. The van der Waals surface area contributed by atoms with E-state index in [0.29, 0.717) is 30.2 Å². The number of aromatic nitrogens is 4. The van der Waals surface area contributed by atoms with E-state index in [9.17, 15) is 34.8 Å². The normalized spacial score (nSPS) is 15.8. The molecule has 5 N–H and O–H groups in total. The topological polar surface area (TPSA) is 213 Å². The van der Waals surface area contributed by atoms with Crippen LogP contribution in [0.2, 0.25) is 5.28 Å². The predicted molar refractivity (Wildman–Crippen MR) is 169 cm³/mol. The maximum atomic E-state index is 12.5. The Kier molecular flexibility index (Phi) is 11.2. The van der Waals surface area contributed by atoms with Gasteiger partial charge in [0.1, 0.15) is 6.10 Å². The molecule has 2 amide bonds. The molecule has 1 aromatic carbocycles. The van der Waals surface area contributed by atoms with Crippen LogP contribution < -0.4 is 10.2 Å². The van der Waals surface area contributed by atoms with E-state index in [0.717, 1.165) is 6.42 Å². The molecule has 3 heterocycles. The summed E-state index contributed by atoms with van der Waals surface area (Å²) >= 11 is 6.14. The van der Waals surface area contributed by atoms with Gasteiger partial charge in [0.15, 0.2) is 29.3 Å². The first-order chi connectivity index (χ1) is 22.3. The number of benzene rings is 1. The number of halogens is 1. The van der Waals surface area contributed by atoms with Gasteiger partial charge in [-0.05, 0) is 49.6 Å². The average Bonchev–Trinajstić information content (AvgIpc) is 3.45. The molecule has 1 fully saturated rings. The third-order valence-corrected chi connectivity index (χ3v) is 7.58. The van der Waals surface area contributed by atoms with Crippen LogP contribution in [0.4, 0.5) is 16.3 Å². The number of hydrogen-bond donors (Lipinski definition) is 5. The molecule has 0 aliphatic carbocycles. The molecule has 4 rings (SSSR count). The van der Waals surface area contributed by atoms with E-state index in [1.54, 1.807) is 29.0 Å². The van der Waals surface area contributed by atoms with Crippen LogP contribution in [-0.4, -0.2) is 120 Å². The fraction of sp³-hybridized carbons (Fsp3) is 0.467. The second-order valence-corrected chi connectivity index (χ2v) is 11.5. The molecule has 0 bridgehead atoms. The highest BCUT2D eigenvalue weighted by Gasteiger charge is 2.49. The van der Waals surface area contributed by atoms with E-state index in [1.165, 1.54) is 23.0 Å². The van der Waals surface area contributed by atoms with Gasteiger partial charge in [-0.2, -0.15) is 9.97 Å². The molecule has 1 aliphatic heterocycles. The van der Waals surface area contributed by atoms with Crippen LogP contribution in [0.1, 0.15) is 32.1 Å². The van der Waals surface area contributed by atoms with Crippen LogP contribution in [0.15, 0.2) is 30.6 Å². The lowest BCUT2D eigenvalue weighted by Crippen LogP contribution is -2.52. The van der Waals surface area contributed by atoms with E-state index in [2.05, 4.69) is 26.2 Å². The first kappa shape index (κ1) is 35.3. The van der Waals surface area contributed by atoms with Crippen molar-refractivity contribution in [3.8, 4) is 12.3 Å². The lowest BCUT2D eigenvalue weighted by Gasteiger charge is -2.33. The maximum Gasteiger partial charge on any atom is 0.348 e. The largest absolute Gasteiger partial charge is 0.479 e. The number of urea groups is 1. The van der Waals surface area contributed by atoms with Gasteiger partial charge >= 0.3 is 18.0 Å². The Hall–Kier alpha value is -4.53. The summed E-state index contributed by atoms with van der Waals surface area (Å²) in [7, 11) is 1.69. The van der Waals surface area contributed by atoms with Crippen molar-refractivity contribution < 1.29 is 44.3 Å². The third-order valence-electron chi connectivity index (χ3n) is 7.41. The molecule has 252 valence electrons. The monoisotopic (exact) mass is 673 g/mol. The Morgan fingerprint density at radius 2 is 1.85 bits per heavy atom. The summed E-state index contributed by atoms with van der Waals surface area (Å²) < 4.78 is 12.7. The van der Waals surface area contributed by atoms with Crippen molar-refractivity contribution in [2.45, 2.75) is 56.8 Å². The van der Waals surface area contributed by atoms with E-state index in [1.807, 2.05) is 13.8 Å². The molecule has 2 aromatic heterocycles. The Balaban J connectivity index is 1.57. The number of amides is 2. The van der Waals surface area contributed by atoms with Crippen LogP contribution in [-0.2, 0) is 25.5 Å². The molecular weight excluding hydrogens is 638 g/mol. The standard InChI is InChI=1S/C30H36ClN7O9/c1-5-21(40)25(38-16-32-22-23(33-17(2)3)34-28(31)35-24(22)38)47-20(14-39)15-46-30(26(41)42,27(43)44)13-18-7-9-19(10-8-18)37-12-6-11-36(4)29(37)45/h1,7-10,16-17,20-21,25,39-40H,6,11-15H2,2-4H3,(H,41,42)(H,43,44)(H,33,34,35)/t20-,21+,25+/m0/s1. The number of aliphatic hydroxyl groups excluding tert-OH is 2. The number of carboxylic acids is 2. The third kappa shape index (κ3) is 7.72. The molecule has 16 nitrogen and oxygen atoms in total. The van der Waals surface area contributed by atoms with Gasteiger partial charge in [-0.1, -0.05) is 18.1 Å². The van der Waals surface area contributed by atoms with Crippen molar-refractivity contribution >= 4 is 52.2 Å². The van der Waals surface area contributed by atoms with Crippen LogP contribution in [0.25, 0.3) is 11.2 Å². The van der Waals surface area contributed by atoms with E-state index in [4.69, 9.17) is 27.5 Å². The maximum absolute atomic E-state index is 12.5. The molecule has 1 saturated heterocycles. The first-order valence-electron chi connectivity index (χ1n) is 14.6. The zero-order valence-corrected chi connectivity index (χ0v) is 26.7. The van der Waals surface area contributed by atoms with Crippen LogP contribution >= 0.6 is 11.6 Å². The van der Waals surface area contributed by atoms with Gasteiger partial charge in [-0.15, -0.1) is 6.42 Å². The molecule has 17 heteroatoms. The number of nitrogens with one attached hydrogen (secondary N) is 1. The number of rotatable bonds is 15. The Labute approximate surface area is 274 Å². The van der Waals surface area contributed by atoms with Crippen molar-refractivity contribution in [2.75, 3.05) is 43.6 Å². The number of nitrogens with zero attached hydrogens (tertiary/aromatic N) is 6. The van der Waals surface area contributed by atoms with Crippen molar-refractivity contribution in [2.24, 2.45) is 0 Å². The summed E-state index contributed by atoms with van der Waals surface area (Å²) in [5.41, 5.74) is -1.53. The molecule has 3 aromatic rings. The van der Waals surface area contributed by atoms with E-state index < -0.39 is 55.6 Å². The fourth-order valence-electron chi connectivity index (χ4n) is 4.99. The minimum atomic E-state index is -2.79. The van der Waals surface area contributed by atoms with Crippen LogP contribution in [0, 0.1) is 12.3 Å². The molecule has 0 spiro atoms. The summed E-state index contributed by atoms with van der Waals surface area (Å²) in [5, 5.41) is 43.9. The van der Waals surface area contributed by atoms with Crippen molar-refractivity contribution in [3.63, 3.8) is 0 Å². The number of aliphatic hydroxyl groups is 2. The summed E-state index contributed by atoms with van der Waals surface area (Å²) in [6.07, 6.45) is 2.45. The summed E-state index contributed by atoms with van der Waals surface area (Å²) in [5.74, 6) is -1.15. The highest BCUT2D eigenvalue weighted by Crippen LogP contribution is 2.28. The molecular formula is C30H36ClN7O9. The molecule has 0 saturated carbocycles. The minimum absolute atomic E-state index is 0.0452. The number of carboxylic acid groups (broad SMARTS) is 2. The zero-order valence-electron chi connectivity index (χ0n) is 25.9. The Morgan fingerprint density at radius 3 is 2.45 bits per heavy atom. The number of terminal acetylenes is 1. The van der Waals surface area contributed by atoms with Gasteiger partial charge in [0.25, 0.3) is 5.60 Å². The van der Waals surface area contributed by atoms with Gasteiger partial charge in [0, 0.05) is 38.3 Å². The highest BCUT2D eigenvalue weighted by molar-refractivity contribution is 6.28. The van der Waals surface area contributed by atoms with Crippen LogP contribution in [0.5, 0.6) is 0 Å². The number of hydrogen-bond acceptors (Lipinski definition) is 11. The number of anilines is 2. The first-order valence-corrected chi connectivity index (χ1v) is 15.0. The summed E-state index contributed by atoms with van der Waals surface area (Å²) in [6.45, 7) is 3.36. The van der Waals surface area contributed by atoms with Gasteiger partial charge in [-0.3, -0.25) is 9.47 Å². The van der Waals surface area contributed by atoms with Gasteiger partial charge < -0.3 is 40.1 Å². The molecule has 1 aliphatic rings. The summed E-state index contributed by atoms with van der Waals surface area (Å²) in [6, 6.07) is 5.99. The highest BCUT2D eigenvalue weighted by atomic mass is 35.5. The van der Waals surface area contributed by atoms with Crippen molar-refractivity contribution in [3.05, 3.63) is 41.4 Å². The second-order valence-electron chi connectivity index (χ2n) is 11.2. The Bertz CT molecular complexity index is 1630. The average molecular weight is 674 g/mol. The van der Waals surface area contributed by atoms with Crippen molar-refractivity contribution in [1.29, 1.82) is 0 Å². The second kappa shape index (κ2) is 14.9. The number of aliphatic carboxylic acids is 2. The quantitative estimate of drug-likeness (QED) is 0.0882. The Morgan fingerprint density at radius 1 is 1.17 bits per heavy atom. The smallest absolute Gasteiger partial charge is 0.348 e. The van der Waals surface area contributed by atoms with Crippen LogP contribution in [0.3, 0.4) is 0 Å². The van der Waals surface area contributed by atoms with E-state index in [-0.39, 0.29) is 28.5 Å². The fourth-order valence-corrected chi connectivity index (χ4v) is 5.16. The van der Waals surface area contributed by atoms with E-state index >= 15 is 0 Å². The van der Waals surface area contributed by atoms with Crippen molar-refractivity contribution in [1.82, 2.24) is 24.4 Å².